The van der Waals surface area contributed by atoms with Gasteiger partial charge in [0.25, 0.3) is 0 Å². The minimum absolute atomic E-state index is 0.443. The summed E-state index contributed by atoms with van der Waals surface area (Å²) < 4.78 is 0. The van der Waals surface area contributed by atoms with Crippen molar-refractivity contribution in [2.45, 2.75) is 43.2 Å². The topological polar surface area (TPSA) is 53.1 Å². The molecule has 0 saturated heterocycles. The van der Waals surface area contributed by atoms with Gasteiger partial charge in [-0.25, -0.2) is 4.98 Å². The maximum atomic E-state index is 4.79. The van der Waals surface area contributed by atoms with E-state index in [1.807, 2.05) is 32.3 Å². The second-order valence-electron chi connectivity index (χ2n) is 8.45. The Balaban J connectivity index is 1.29. The van der Waals surface area contributed by atoms with Gasteiger partial charge in [0.1, 0.15) is 5.82 Å². The highest BCUT2D eigenvalue weighted by Crippen LogP contribution is 2.28. The zero-order valence-corrected chi connectivity index (χ0v) is 18.7. The molecule has 1 heterocycles. The highest BCUT2D eigenvalue weighted by molar-refractivity contribution is 7.80. The number of fused-ring (bicyclic) bond motifs is 1. The Kier molecular flexibility index (Phi) is 6.75. The number of benzene rings is 2. The molecule has 4 rings (SSSR count). The first-order chi connectivity index (χ1) is 14.6. The van der Waals surface area contributed by atoms with Crippen molar-refractivity contribution in [3.63, 3.8) is 0 Å². The van der Waals surface area contributed by atoms with Crippen molar-refractivity contribution in [1.82, 2.24) is 15.3 Å². The molecule has 5 nitrogen and oxygen atoms in total. The predicted octanol–water partition coefficient (Wildman–Crippen LogP) is 4.75. The number of hydrogen-bond acceptors (Lipinski definition) is 6. The van der Waals surface area contributed by atoms with Crippen molar-refractivity contribution in [3.05, 3.63) is 54.1 Å². The number of aromatic nitrogens is 2. The van der Waals surface area contributed by atoms with E-state index in [0.29, 0.717) is 6.04 Å². The molecule has 1 aliphatic rings. The molecule has 1 fully saturated rings. The van der Waals surface area contributed by atoms with Crippen LogP contribution in [0, 0.1) is 5.92 Å². The summed E-state index contributed by atoms with van der Waals surface area (Å²) in [5.41, 5.74) is 2.28. The van der Waals surface area contributed by atoms with Gasteiger partial charge in [0.05, 0.1) is 5.52 Å². The van der Waals surface area contributed by atoms with Crippen LogP contribution in [0.3, 0.4) is 0 Å². The molecule has 2 N–H and O–H groups in total. The Morgan fingerprint density at radius 3 is 2.57 bits per heavy atom. The van der Waals surface area contributed by atoms with Gasteiger partial charge in [-0.15, -0.1) is 12.6 Å². The first kappa shape index (κ1) is 20.9. The van der Waals surface area contributed by atoms with E-state index < -0.39 is 0 Å². The average Bonchev–Trinajstić information content (AvgIpc) is 2.74. The van der Waals surface area contributed by atoms with Crippen LogP contribution in [0.5, 0.6) is 0 Å². The number of para-hydroxylation sites is 1. The number of nitrogens with one attached hydrogen (secondary N) is 2. The van der Waals surface area contributed by atoms with E-state index in [4.69, 9.17) is 9.97 Å². The Bertz CT molecular complexity index is 982. The van der Waals surface area contributed by atoms with Gasteiger partial charge in [0.2, 0.25) is 5.95 Å². The van der Waals surface area contributed by atoms with E-state index in [2.05, 4.69) is 58.5 Å². The van der Waals surface area contributed by atoms with Gasteiger partial charge in [-0.2, -0.15) is 4.98 Å². The highest BCUT2D eigenvalue weighted by Gasteiger charge is 2.22. The number of thiol groups is 1. The smallest absolute Gasteiger partial charge is 0.225 e. The summed E-state index contributed by atoms with van der Waals surface area (Å²) in [6.45, 7) is 1.98. The van der Waals surface area contributed by atoms with E-state index in [9.17, 15) is 0 Å². The number of rotatable bonds is 7. The second-order valence-corrected chi connectivity index (χ2v) is 8.96. The third kappa shape index (κ3) is 5.24. The van der Waals surface area contributed by atoms with Crippen LogP contribution in [0.2, 0.25) is 0 Å². The summed E-state index contributed by atoms with van der Waals surface area (Å²) in [6.07, 6.45) is 4.77. The van der Waals surface area contributed by atoms with Crippen LogP contribution in [0.4, 0.5) is 11.8 Å². The van der Waals surface area contributed by atoms with Crippen LogP contribution >= 0.6 is 12.6 Å². The van der Waals surface area contributed by atoms with E-state index in [-0.39, 0.29) is 0 Å². The third-order valence-electron chi connectivity index (χ3n) is 5.86. The van der Waals surface area contributed by atoms with Crippen LogP contribution < -0.4 is 15.5 Å². The minimum Gasteiger partial charge on any atom is -0.362 e. The molecule has 0 atom stereocenters. The van der Waals surface area contributed by atoms with Crippen molar-refractivity contribution in [2.75, 3.05) is 30.9 Å². The quantitative estimate of drug-likeness (QED) is 0.481. The van der Waals surface area contributed by atoms with Gasteiger partial charge in [0, 0.05) is 37.0 Å². The van der Waals surface area contributed by atoms with Crippen molar-refractivity contribution in [2.24, 2.45) is 5.92 Å². The molecule has 1 aromatic heterocycles. The average molecular weight is 422 g/mol. The fourth-order valence-corrected chi connectivity index (χ4v) is 4.50. The zero-order valence-electron chi connectivity index (χ0n) is 17.8. The van der Waals surface area contributed by atoms with E-state index in [1.54, 1.807) is 0 Å². The lowest BCUT2D eigenvalue weighted by atomic mass is 9.86. The van der Waals surface area contributed by atoms with Crippen LogP contribution in [0.25, 0.3) is 10.9 Å². The standard InChI is InChI=1S/C24H31N5S/c1-29(2)23-21-8-3-4-9-22(21)27-24(28-23)26-19-12-10-17(11-13-19)15-25-16-18-6-5-7-20(30)14-18/h3-9,14,17,19,25,30H,10-13,15-16H2,1-2H3,(H,26,27,28). The van der Waals surface area contributed by atoms with Gasteiger partial charge in [-0.3, -0.25) is 0 Å². The first-order valence-corrected chi connectivity index (χ1v) is 11.2. The first-order valence-electron chi connectivity index (χ1n) is 10.8. The molecule has 2 aromatic carbocycles. The molecule has 0 spiro atoms. The second kappa shape index (κ2) is 9.67. The molecule has 1 aliphatic carbocycles. The monoisotopic (exact) mass is 421 g/mol. The SMILES string of the molecule is CN(C)c1nc(NC2CCC(CNCc3cccc(S)c3)CC2)nc2ccccc12. The maximum Gasteiger partial charge on any atom is 0.225 e. The number of nitrogens with zero attached hydrogens (tertiary/aromatic N) is 3. The largest absolute Gasteiger partial charge is 0.362 e. The molecule has 0 amide bonds. The summed E-state index contributed by atoms with van der Waals surface area (Å²) in [5.74, 6) is 2.44. The molecule has 30 heavy (non-hydrogen) atoms. The van der Waals surface area contributed by atoms with Crippen molar-refractivity contribution in [3.8, 4) is 0 Å². The van der Waals surface area contributed by atoms with E-state index in [1.165, 1.54) is 18.4 Å². The van der Waals surface area contributed by atoms with E-state index >= 15 is 0 Å². The lowest BCUT2D eigenvalue weighted by molar-refractivity contribution is 0.324. The van der Waals surface area contributed by atoms with Crippen LogP contribution in [-0.2, 0) is 6.54 Å². The summed E-state index contributed by atoms with van der Waals surface area (Å²) in [6, 6.07) is 17.0. The van der Waals surface area contributed by atoms with Gasteiger partial charge in [-0.1, -0.05) is 24.3 Å². The Morgan fingerprint density at radius 1 is 1.00 bits per heavy atom. The lowest BCUT2D eigenvalue weighted by Crippen LogP contribution is -2.31. The van der Waals surface area contributed by atoms with Gasteiger partial charge in [0.15, 0.2) is 0 Å². The van der Waals surface area contributed by atoms with Gasteiger partial charge >= 0.3 is 0 Å². The Morgan fingerprint density at radius 2 is 1.80 bits per heavy atom. The van der Waals surface area contributed by atoms with Crippen molar-refractivity contribution >= 4 is 35.3 Å². The van der Waals surface area contributed by atoms with Crippen LogP contribution in [0.1, 0.15) is 31.2 Å². The van der Waals surface area contributed by atoms with Crippen molar-refractivity contribution in [1.29, 1.82) is 0 Å². The molecular formula is C24H31N5S. The maximum absolute atomic E-state index is 4.79. The summed E-state index contributed by atoms with van der Waals surface area (Å²) >= 11 is 4.42. The molecule has 6 heteroatoms. The predicted molar refractivity (Wildman–Crippen MR) is 129 cm³/mol. The van der Waals surface area contributed by atoms with Gasteiger partial charge < -0.3 is 15.5 Å². The minimum atomic E-state index is 0.443. The molecule has 0 radical (unpaired) electrons. The summed E-state index contributed by atoms with van der Waals surface area (Å²) in [5, 5.41) is 8.31. The highest BCUT2D eigenvalue weighted by atomic mass is 32.1. The fraction of sp³-hybridized carbons (Fsp3) is 0.417. The molecule has 0 unspecified atom stereocenters. The third-order valence-corrected chi connectivity index (χ3v) is 6.14. The molecule has 0 aliphatic heterocycles. The summed E-state index contributed by atoms with van der Waals surface area (Å²) in [4.78, 5) is 12.6. The Labute approximate surface area is 184 Å². The van der Waals surface area contributed by atoms with Crippen LogP contribution in [-0.4, -0.2) is 36.6 Å². The molecule has 3 aromatic rings. The number of anilines is 2. The van der Waals surface area contributed by atoms with E-state index in [0.717, 1.165) is 59.4 Å². The molecule has 1 saturated carbocycles. The Hall–Kier alpha value is -2.31. The summed E-state index contributed by atoms with van der Waals surface area (Å²) in [7, 11) is 4.06. The molecule has 158 valence electrons. The lowest BCUT2D eigenvalue weighted by Gasteiger charge is -2.29. The van der Waals surface area contributed by atoms with Gasteiger partial charge in [-0.05, 0) is 68.0 Å². The molecule has 0 bridgehead atoms. The molecular weight excluding hydrogens is 390 g/mol. The van der Waals surface area contributed by atoms with Crippen LogP contribution in [0.15, 0.2) is 53.4 Å². The van der Waals surface area contributed by atoms with Crippen molar-refractivity contribution < 1.29 is 0 Å². The normalized spacial score (nSPS) is 19.0. The fourth-order valence-electron chi connectivity index (χ4n) is 4.25. The number of hydrogen-bond donors (Lipinski definition) is 3. The zero-order chi connectivity index (χ0) is 20.9.